The summed E-state index contributed by atoms with van der Waals surface area (Å²) >= 11 is 0. The second-order valence-corrected chi connectivity index (χ2v) is 7.27. The van der Waals surface area contributed by atoms with E-state index in [0.29, 0.717) is 17.9 Å². The van der Waals surface area contributed by atoms with E-state index in [1.165, 1.54) is 5.39 Å². The molecular weight excluding hydrogens is 400 g/mol. The van der Waals surface area contributed by atoms with Crippen LogP contribution in [0.3, 0.4) is 0 Å². The zero-order valence-electron chi connectivity index (χ0n) is 18.1. The first kappa shape index (κ1) is 21.2. The van der Waals surface area contributed by atoms with Crippen LogP contribution in [0, 0.1) is 0 Å². The van der Waals surface area contributed by atoms with Crippen LogP contribution in [0.25, 0.3) is 16.8 Å². The van der Waals surface area contributed by atoms with E-state index in [4.69, 9.17) is 14.2 Å². The Morgan fingerprint density at radius 1 is 0.781 bits per heavy atom. The zero-order chi connectivity index (χ0) is 22.3. The molecular formula is C28H24O4. The van der Waals surface area contributed by atoms with Gasteiger partial charge in [-0.2, -0.15) is 0 Å². The van der Waals surface area contributed by atoms with Gasteiger partial charge in [-0.25, -0.2) is 0 Å². The quantitative estimate of drug-likeness (QED) is 0.245. The Hall–Kier alpha value is -4.05. The number of ketones is 1. The standard InChI is InChI=1S/C28H24O4/c1-30-27-16-12-20(11-15-26(29)25-9-5-6-10-28(25)31-2)17-23(27)19-32-24-14-13-21-7-3-4-8-22(21)18-24/h3-18H,19H2,1-2H3/b15-11+. The molecule has 4 aromatic carbocycles. The zero-order valence-corrected chi connectivity index (χ0v) is 18.1. The number of hydrogen-bond donors (Lipinski definition) is 0. The third-order valence-electron chi connectivity index (χ3n) is 5.22. The maximum atomic E-state index is 12.6. The second kappa shape index (κ2) is 9.84. The van der Waals surface area contributed by atoms with Gasteiger partial charge < -0.3 is 14.2 Å². The molecule has 0 heterocycles. The molecule has 0 unspecified atom stereocenters. The van der Waals surface area contributed by atoms with Crippen LogP contribution in [-0.2, 0) is 6.61 Å². The number of ether oxygens (including phenoxy) is 3. The van der Waals surface area contributed by atoms with E-state index in [1.807, 2.05) is 60.7 Å². The van der Waals surface area contributed by atoms with Crippen LogP contribution in [0.1, 0.15) is 21.5 Å². The summed E-state index contributed by atoms with van der Waals surface area (Å²) < 4.78 is 16.8. The first-order valence-corrected chi connectivity index (χ1v) is 10.3. The number of hydrogen-bond acceptors (Lipinski definition) is 4. The highest BCUT2D eigenvalue weighted by Crippen LogP contribution is 2.25. The van der Waals surface area contributed by atoms with Gasteiger partial charge in [0, 0.05) is 5.56 Å². The van der Waals surface area contributed by atoms with Gasteiger partial charge in [-0.3, -0.25) is 4.79 Å². The summed E-state index contributed by atoms with van der Waals surface area (Å²) in [5, 5.41) is 2.30. The van der Waals surface area contributed by atoms with E-state index in [-0.39, 0.29) is 5.78 Å². The van der Waals surface area contributed by atoms with Crippen molar-refractivity contribution in [2.24, 2.45) is 0 Å². The van der Waals surface area contributed by atoms with Gasteiger partial charge in [-0.1, -0.05) is 54.6 Å². The molecule has 0 fully saturated rings. The number of fused-ring (bicyclic) bond motifs is 1. The van der Waals surface area contributed by atoms with Crippen molar-refractivity contribution in [3.05, 3.63) is 108 Å². The average Bonchev–Trinajstić information content (AvgIpc) is 2.85. The molecule has 0 N–H and O–H groups in total. The fraction of sp³-hybridized carbons (Fsp3) is 0.107. The van der Waals surface area contributed by atoms with Crippen LogP contribution in [0.5, 0.6) is 17.2 Å². The van der Waals surface area contributed by atoms with E-state index in [2.05, 4.69) is 12.1 Å². The minimum absolute atomic E-state index is 0.118. The molecule has 32 heavy (non-hydrogen) atoms. The van der Waals surface area contributed by atoms with Gasteiger partial charge in [-0.05, 0) is 58.8 Å². The van der Waals surface area contributed by atoms with Crippen molar-refractivity contribution >= 4 is 22.6 Å². The van der Waals surface area contributed by atoms with Gasteiger partial charge in [-0.15, -0.1) is 0 Å². The molecule has 0 amide bonds. The lowest BCUT2D eigenvalue weighted by molar-refractivity contribution is 0.104. The molecule has 4 nitrogen and oxygen atoms in total. The van der Waals surface area contributed by atoms with E-state index < -0.39 is 0 Å². The average molecular weight is 424 g/mol. The molecule has 0 aliphatic heterocycles. The van der Waals surface area contributed by atoms with E-state index >= 15 is 0 Å². The third-order valence-corrected chi connectivity index (χ3v) is 5.22. The summed E-state index contributed by atoms with van der Waals surface area (Å²) in [6.07, 6.45) is 3.33. The topological polar surface area (TPSA) is 44.8 Å². The highest BCUT2D eigenvalue weighted by Gasteiger charge is 2.09. The van der Waals surface area contributed by atoms with Crippen LogP contribution in [0.4, 0.5) is 0 Å². The molecule has 0 spiro atoms. The van der Waals surface area contributed by atoms with Gasteiger partial charge in [0.05, 0.1) is 19.8 Å². The van der Waals surface area contributed by atoms with Crippen LogP contribution >= 0.6 is 0 Å². The number of allylic oxidation sites excluding steroid dienone is 1. The second-order valence-electron chi connectivity index (χ2n) is 7.27. The normalized spacial score (nSPS) is 10.9. The Kier molecular flexibility index (Phi) is 6.52. The largest absolute Gasteiger partial charge is 0.496 e. The number of carbonyl (C=O) groups excluding carboxylic acids is 1. The molecule has 4 aromatic rings. The third kappa shape index (κ3) is 4.81. The molecule has 4 heteroatoms. The Balaban J connectivity index is 1.51. The summed E-state index contributed by atoms with van der Waals surface area (Å²) in [6, 6.07) is 27.1. The molecule has 0 saturated heterocycles. The molecule has 0 saturated carbocycles. The number of para-hydroxylation sites is 1. The lowest BCUT2D eigenvalue weighted by atomic mass is 10.1. The molecule has 0 aliphatic carbocycles. The fourth-order valence-corrected chi connectivity index (χ4v) is 3.54. The molecule has 4 rings (SSSR count). The van der Waals surface area contributed by atoms with Gasteiger partial charge in [0.1, 0.15) is 23.9 Å². The highest BCUT2D eigenvalue weighted by atomic mass is 16.5. The number of benzene rings is 4. The number of carbonyl (C=O) groups is 1. The first-order chi connectivity index (χ1) is 15.7. The lowest BCUT2D eigenvalue weighted by Crippen LogP contribution is -2.00. The van der Waals surface area contributed by atoms with Crippen molar-refractivity contribution in [2.75, 3.05) is 14.2 Å². The van der Waals surface area contributed by atoms with Crippen LogP contribution in [0.2, 0.25) is 0 Å². The van der Waals surface area contributed by atoms with Crippen molar-refractivity contribution < 1.29 is 19.0 Å². The van der Waals surface area contributed by atoms with Gasteiger partial charge in [0.15, 0.2) is 5.78 Å². The summed E-state index contributed by atoms with van der Waals surface area (Å²) in [5.41, 5.74) is 2.30. The minimum Gasteiger partial charge on any atom is -0.496 e. The summed E-state index contributed by atoms with van der Waals surface area (Å²) in [5.74, 6) is 1.96. The molecule has 0 bridgehead atoms. The smallest absolute Gasteiger partial charge is 0.189 e. The number of methoxy groups -OCH3 is 2. The van der Waals surface area contributed by atoms with E-state index in [9.17, 15) is 4.79 Å². The van der Waals surface area contributed by atoms with Crippen LogP contribution in [-0.4, -0.2) is 20.0 Å². The SMILES string of the molecule is COc1ccc(/C=C/C(=O)c2ccccc2OC)cc1COc1ccc2ccccc2c1. The molecule has 0 aromatic heterocycles. The maximum absolute atomic E-state index is 12.6. The Labute approximate surface area is 187 Å². The first-order valence-electron chi connectivity index (χ1n) is 10.3. The molecule has 0 aliphatic rings. The lowest BCUT2D eigenvalue weighted by Gasteiger charge is -2.12. The Morgan fingerprint density at radius 2 is 1.53 bits per heavy atom. The predicted octanol–water partition coefficient (Wildman–Crippen LogP) is 6.33. The minimum atomic E-state index is -0.118. The summed E-state index contributed by atoms with van der Waals surface area (Å²) in [4.78, 5) is 12.6. The van der Waals surface area contributed by atoms with Crippen LogP contribution in [0.15, 0.2) is 91.0 Å². The Bertz CT molecular complexity index is 1270. The number of rotatable bonds is 8. The van der Waals surface area contributed by atoms with Gasteiger partial charge in [0.25, 0.3) is 0 Å². The summed E-state index contributed by atoms with van der Waals surface area (Å²) in [6.45, 7) is 0.351. The Morgan fingerprint density at radius 3 is 2.34 bits per heavy atom. The maximum Gasteiger partial charge on any atom is 0.189 e. The van der Waals surface area contributed by atoms with Crippen molar-refractivity contribution in [3.63, 3.8) is 0 Å². The summed E-state index contributed by atoms with van der Waals surface area (Å²) in [7, 11) is 3.19. The van der Waals surface area contributed by atoms with Crippen molar-refractivity contribution in [1.82, 2.24) is 0 Å². The monoisotopic (exact) mass is 424 g/mol. The molecule has 160 valence electrons. The van der Waals surface area contributed by atoms with E-state index in [0.717, 1.165) is 28.0 Å². The predicted molar refractivity (Wildman–Crippen MR) is 128 cm³/mol. The van der Waals surface area contributed by atoms with Gasteiger partial charge >= 0.3 is 0 Å². The fourth-order valence-electron chi connectivity index (χ4n) is 3.54. The van der Waals surface area contributed by atoms with Gasteiger partial charge in [0.2, 0.25) is 0 Å². The van der Waals surface area contributed by atoms with E-state index in [1.54, 1.807) is 38.5 Å². The van der Waals surface area contributed by atoms with Crippen LogP contribution < -0.4 is 14.2 Å². The van der Waals surface area contributed by atoms with Crippen molar-refractivity contribution in [1.29, 1.82) is 0 Å². The molecule has 0 atom stereocenters. The molecule has 0 radical (unpaired) electrons. The van der Waals surface area contributed by atoms with Crippen molar-refractivity contribution in [3.8, 4) is 17.2 Å². The highest BCUT2D eigenvalue weighted by molar-refractivity contribution is 6.08. The van der Waals surface area contributed by atoms with Crippen molar-refractivity contribution in [2.45, 2.75) is 6.61 Å².